The summed E-state index contributed by atoms with van der Waals surface area (Å²) >= 11 is 5.99. The average molecular weight is 458 g/mol. The van der Waals surface area contributed by atoms with Gasteiger partial charge in [0.15, 0.2) is 5.65 Å². The first-order valence-corrected chi connectivity index (χ1v) is 10.9. The van der Waals surface area contributed by atoms with E-state index >= 15 is 0 Å². The van der Waals surface area contributed by atoms with E-state index in [-0.39, 0.29) is 16.8 Å². The number of aromatic nitrogens is 3. The number of nitrogens with zero attached hydrogens (tertiary/aromatic N) is 5. The molecule has 0 aliphatic rings. The van der Waals surface area contributed by atoms with Gasteiger partial charge in [-0.05, 0) is 29.8 Å². The molecule has 0 saturated heterocycles. The SMILES string of the molecule is N#CC(=Cc1ccc(Cl)cc1)c1nn2c(-c3ccccc3)cc(-c3ccccc3)nc2c1C#N. The van der Waals surface area contributed by atoms with Crippen molar-refractivity contribution in [3.63, 3.8) is 0 Å². The molecule has 0 aliphatic heterocycles. The second kappa shape index (κ2) is 9.03. The summed E-state index contributed by atoms with van der Waals surface area (Å²) < 4.78 is 1.64. The van der Waals surface area contributed by atoms with E-state index < -0.39 is 0 Å². The quantitative estimate of drug-likeness (QED) is 0.283. The number of rotatable bonds is 4. The highest BCUT2D eigenvalue weighted by molar-refractivity contribution is 6.30. The van der Waals surface area contributed by atoms with Crippen molar-refractivity contribution in [1.82, 2.24) is 14.6 Å². The van der Waals surface area contributed by atoms with Crippen LogP contribution in [-0.4, -0.2) is 14.6 Å². The fraction of sp³-hybridized carbons (Fsp3) is 0. The van der Waals surface area contributed by atoms with E-state index in [9.17, 15) is 10.5 Å². The number of hydrogen-bond donors (Lipinski definition) is 0. The molecule has 0 spiro atoms. The zero-order chi connectivity index (χ0) is 23.5. The van der Waals surface area contributed by atoms with Crippen LogP contribution in [0.3, 0.4) is 0 Å². The van der Waals surface area contributed by atoms with Crippen molar-refractivity contribution in [2.24, 2.45) is 0 Å². The highest BCUT2D eigenvalue weighted by atomic mass is 35.5. The molecular weight excluding hydrogens is 442 g/mol. The summed E-state index contributed by atoms with van der Waals surface area (Å²) in [4.78, 5) is 4.78. The van der Waals surface area contributed by atoms with Gasteiger partial charge >= 0.3 is 0 Å². The fourth-order valence-electron chi connectivity index (χ4n) is 3.76. The first-order chi connectivity index (χ1) is 16.7. The van der Waals surface area contributed by atoms with Gasteiger partial charge in [0.1, 0.15) is 23.4 Å². The summed E-state index contributed by atoms with van der Waals surface area (Å²) in [6.45, 7) is 0. The summed E-state index contributed by atoms with van der Waals surface area (Å²) in [5.74, 6) is 0. The molecule has 5 aromatic rings. The van der Waals surface area contributed by atoms with Crippen molar-refractivity contribution in [2.75, 3.05) is 0 Å². The molecule has 0 unspecified atom stereocenters. The third-order valence-electron chi connectivity index (χ3n) is 5.40. The molecule has 0 amide bonds. The molecule has 0 N–H and O–H groups in total. The maximum absolute atomic E-state index is 10.1. The first-order valence-electron chi connectivity index (χ1n) is 10.5. The number of halogens is 1. The maximum atomic E-state index is 10.1. The topological polar surface area (TPSA) is 77.8 Å². The number of fused-ring (bicyclic) bond motifs is 1. The molecule has 0 bridgehead atoms. The molecule has 0 aliphatic carbocycles. The lowest BCUT2D eigenvalue weighted by Crippen LogP contribution is -1.99. The smallest absolute Gasteiger partial charge is 0.174 e. The Labute approximate surface area is 201 Å². The standard InChI is InChI=1S/C28H16ClN5/c29-23-13-11-19(12-14-23)15-22(17-30)27-24(18-31)28-32-25(20-7-3-1-4-8-20)16-26(34(28)33-27)21-9-5-2-6-10-21/h1-16H. The van der Waals surface area contributed by atoms with Crippen LogP contribution in [0.25, 0.3) is 39.8 Å². The van der Waals surface area contributed by atoms with E-state index in [4.69, 9.17) is 21.7 Å². The van der Waals surface area contributed by atoms with Crippen LogP contribution < -0.4 is 0 Å². The maximum Gasteiger partial charge on any atom is 0.174 e. The van der Waals surface area contributed by atoms with Crippen LogP contribution in [0.5, 0.6) is 0 Å². The molecule has 3 aromatic carbocycles. The second-order valence-electron chi connectivity index (χ2n) is 7.55. The van der Waals surface area contributed by atoms with Gasteiger partial charge in [-0.3, -0.25) is 0 Å². The minimum Gasteiger partial charge on any atom is -0.227 e. The summed E-state index contributed by atoms with van der Waals surface area (Å²) in [6.07, 6.45) is 1.69. The lowest BCUT2D eigenvalue weighted by Gasteiger charge is -2.08. The normalized spacial score (nSPS) is 11.2. The van der Waals surface area contributed by atoms with E-state index in [0.717, 1.165) is 28.1 Å². The molecule has 5 nitrogen and oxygen atoms in total. The molecule has 0 fully saturated rings. The molecule has 2 heterocycles. The Balaban J connectivity index is 1.79. The van der Waals surface area contributed by atoms with Gasteiger partial charge in [-0.1, -0.05) is 84.4 Å². The minimum atomic E-state index is 0.247. The molecule has 0 atom stereocenters. The van der Waals surface area contributed by atoms with Crippen molar-refractivity contribution < 1.29 is 0 Å². The van der Waals surface area contributed by atoms with Crippen LogP contribution in [0.4, 0.5) is 0 Å². The molecule has 34 heavy (non-hydrogen) atoms. The van der Waals surface area contributed by atoms with Crippen LogP contribution in [-0.2, 0) is 0 Å². The lowest BCUT2D eigenvalue weighted by molar-refractivity contribution is 0.942. The van der Waals surface area contributed by atoms with E-state index in [1.165, 1.54) is 0 Å². The number of nitriles is 2. The first kappa shape index (κ1) is 21.2. The predicted octanol–water partition coefficient (Wildman–Crippen LogP) is 6.65. The molecule has 6 heteroatoms. The van der Waals surface area contributed by atoms with Crippen LogP contribution in [0.2, 0.25) is 5.02 Å². The van der Waals surface area contributed by atoms with Gasteiger partial charge < -0.3 is 0 Å². The van der Waals surface area contributed by atoms with Gasteiger partial charge in [-0.25, -0.2) is 9.50 Å². The largest absolute Gasteiger partial charge is 0.227 e. The zero-order valence-electron chi connectivity index (χ0n) is 17.9. The third-order valence-corrected chi connectivity index (χ3v) is 5.65. The Morgan fingerprint density at radius 2 is 1.50 bits per heavy atom. The Hall–Kier alpha value is -4.71. The number of benzene rings is 3. The van der Waals surface area contributed by atoms with Crippen LogP contribution in [0, 0.1) is 22.7 Å². The zero-order valence-corrected chi connectivity index (χ0v) is 18.6. The van der Waals surface area contributed by atoms with Crippen LogP contribution >= 0.6 is 11.6 Å². The van der Waals surface area contributed by atoms with Crippen molar-refractivity contribution in [1.29, 1.82) is 10.5 Å². The summed E-state index contributed by atoms with van der Waals surface area (Å²) in [5, 5.41) is 25.3. The molecule has 2 aromatic heterocycles. The van der Waals surface area contributed by atoms with Crippen molar-refractivity contribution in [3.05, 3.63) is 113 Å². The third kappa shape index (κ3) is 3.93. The lowest BCUT2D eigenvalue weighted by atomic mass is 10.1. The van der Waals surface area contributed by atoms with Crippen LogP contribution in [0.15, 0.2) is 91.0 Å². The minimum absolute atomic E-state index is 0.247. The van der Waals surface area contributed by atoms with Crippen molar-refractivity contribution in [3.8, 4) is 34.7 Å². The van der Waals surface area contributed by atoms with Gasteiger partial charge in [0.05, 0.1) is 17.0 Å². The van der Waals surface area contributed by atoms with Crippen LogP contribution in [0.1, 0.15) is 16.8 Å². The van der Waals surface area contributed by atoms with Gasteiger partial charge in [0.25, 0.3) is 0 Å². The van der Waals surface area contributed by atoms with E-state index in [0.29, 0.717) is 10.7 Å². The molecular formula is C28H16ClN5. The molecule has 160 valence electrons. The van der Waals surface area contributed by atoms with Gasteiger partial charge in [0, 0.05) is 16.1 Å². The number of hydrogen-bond acceptors (Lipinski definition) is 4. The van der Waals surface area contributed by atoms with Gasteiger partial charge in [-0.2, -0.15) is 15.6 Å². The van der Waals surface area contributed by atoms with Crippen molar-refractivity contribution >= 4 is 28.9 Å². The predicted molar refractivity (Wildman–Crippen MR) is 134 cm³/mol. The Bertz CT molecular complexity index is 1600. The Morgan fingerprint density at radius 3 is 2.12 bits per heavy atom. The molecule has 0 saturated carbocycles. The van der Waals surface area contributed by atoms with Crippen molar-refractivity contribution in [2.45, 2.75) is 0 Å². The Morgan fingerprint density at radius 1 is 0.853 bits per heavy atom. The van der Waals surface area contributed by atoms with E-state index in [1.807, 2.05) is 78.9 Å². The second-order valence-corrected chi connectivity index (χ2v) is 7.99. The molecule has 5 rings (SSSR count). The number of allylic oxidation sites excluding steroid dienone is 1. The highest BCUT2D eigenvalue weighted by Crippen LogP contribution is 2.30. The Kier molecular flexibility index (Phi) is 5.62. The molecule has 0 radical (unpaired) electrons. The monoisotopic (exact) mass is 457 g/mol. The summed E-state index contributed by atoms with van der Waals surface area (Å²) in [6, 6.07) is 33.0. The summed E-state index contributed by atoms with van der Waals surface area (Å²) in [7, 11) is 0. The van der Waals surface area contributed by atoms with Gasteiger partial charge in [0.2, 0.25) is 0 Å². The summed E-state index contributed by atoms with van der Waals surface area (Å²) in [5.41, 5.74) is 5.32. The van der Waals surface area contributed by atoms with Gasteiger partial charge in [-0.15, -0.1) is 0 Å². The fourth-order valence-corrected chi connectivity index (χ4v) is 3.89. The highest BCUT2D eigenvalue weighted by Gasteiger charge is 2.21. The van der Waals surface area contributed by atoms with E-state index in [2.05, 4.69) is 12.1 Å². The van der Waals surface area contributed by atoms with E-state index in [1.54, 1.807) is 22.7 Å². The average Bonchev–Trinajstić information content (AvgIpc) is 3.27.